The molecule has 0 radical (unpaired) electrons. The lowest BCUT2D eigenvalue weighted by atomic mass is 10.2. The number of aryl methyl sites for hydroxylation is 1. The van der Waals surface area contributed by atoms with E-state index < -0.39 is 10.0 Å². The summed E-state index contributed by atoms with van der Waals surface area (Å²) in [5.41, 5.74) is 0.678. The molecule has 0 saturated carbocycles. The second-order valence-corrected chi connectivity index (χ2v) is 9.88. The summed E-state index contributed by atoms with van der Waals surface area (Å²) < 4.78 is 32.7. The molecule has 10 nitrogen and oxygen atoms in total. The molecule has 1 amide bonds. The molecule has 0 unspecified atom stereocenters. The normalized spacial score (nSPS) is 14.2. The smallest absolute Gasteiger partial charge is 0.263 e. The van der Waals surface area contributed by atoms with Crippen molar-refractivity contribution in [1.29, 1.82) is 0 Å². The molecule has 33 heavy (non-hydrogen) atoms. The van der Waals surface area contributed by atoms with Gasteiger partial charge in [-0.1, -0.05) is 0 Å². The molecule has 1 aromatic carbocycles. The van der Waals surface area contributed by atoms with E-state index in [9.17, 15) is 13.2 Å². The van der Waals surface area contributed by atoms with Crippen molar-refractivity contribution < 1.29 is 17.9 Å². The van der Waals surface area contributed by atoms with Gasteiger partial charge in [0.1, 0.15) is 5.75 Å². The zero-order valence-corrected chi connectivity index (χ0v) is 19.7. The molecule has 1 fully saturated rings. The van der Waals surface area contributed by atoms with E-state index in [4.69, 9.17) is 4.74 Å². The molecule has 3 aromatic rings. The van der Waals surface area contributed by atoms with Crippen LogP contribution in [0.2, 0.25) is 0 Å². The summed E-state index contributed by atoms with van der Waals surface area (Å²) in [5, 5.41) is 2.04. The number of hydrogen-bond acceptors (Lipinski definition) is 9. The summed E-state index contributed by atoms with van der Waals surface area (Å²) in [6.07, 6.45) is 4.18. The molecule has 0 spiro atoms. The maximum absolute atomic E-state index is 12.6. The fourth-order valence-corrected chi connectivity index (χ4v) is 5.40. The lowest BCUT2D eigenvalue weighted by molar-refractivity contribution is -0.131. The highest BCUT2D eigenvalue weighted by Gasteiger charge is 2.22. The third kappa shape index (κ3) is 5.76. The van der Waals surface area contributed by atoms with Gasteiger partial charge in [-0.05, 0) is 36.8 Å². The maximum atomic E-state index is 12.6. The van der Waals surface area contributed by atoms with Crippen LogP contribution >= 0.6 is 11.3 Å². The maximum Gasteiger partial charge on any atom is 0.263 e. The summed E-state index contributed by atoms with van der Waals surface area (Å²) in [6, 6.07) is 7.88. The number of hydrogen-bond donors (Lipinski definition) is 1. The summed E-state index contributed by atoms with van der Waals surface area (Å²) in [5.74, 6) is 1.30. The number of ether oxygens (including phenoxy) is 1. The van der Waals surface area contributed by atoms with Gasteiger partial charge in [0, 0.05) is 50.4 Å². The number of rotatable bonds is 8. The summed E-state index contributed by atoms with van der Waals surface area (Å²) in [6.45, 7) is 2.59. The van der Waals surface area contributed by atoms with E-state index in [1.54, 1.807) is 36.0 Å². The number of amides is 1. The molecule has 3 heterocycles. The number of nitrogens with one attached hydrogen (secondary N) is 1. The van der Waals surface area contributed by atoms with Gasteiger partial charge in [-0.25, -0.2) is 23.4 Å². The third-order valence-corrected chi connectivity index (χ3v) is 7.50. The second kappa shape index (κ2) is 10.1. The van der Waals surface area contributed by atoms with Gasteiger partial charge in [-0.15, -0.1) is 11.3 Å². The van der Waals surface area contributed by atoms with Crippen molar-refractivity contribution in [2.75, 3.05) is 42.9 Å². The second-order valence-electron chi connectivity index (χ2n) is 7.34. The van der Waals surface area contributed by atoms with Crippen LogP contribution in [0.3, 0.4) is 0 Å². The molecule has 4 rings (SSSR count). The molecule has 1 saturated heterocycles. The third-order valence-electron chi connectivity index (χ3n) is 5.21. The number of aromatic nitrogens is 3. The van der Waals surface area contributed by atoms with E-state index in [1.807, 2.05) is 4.90 Å². The molecule has 1 aliphatic rings. The zero-order chi connectivity index (χ0) is 23.3. The molecular weight excluding hydrogens is 464 g/mol. The van der Waals surface area contributed by atoms with E-state index in [1.165, 1.54) is 30.6 Å². The number of anilines is 2. The van der Waals surface area contributed by atoms with Crippen molar-refractivity contribution in [3.63, 3.8) is 0 Å². The largest absolute Gasteiger partial charge is 0.497 e. The van der Waals surface area contributed by atoms with E-state index in [-0.39, 0.29) is 15.9 Å². The topological polar surface area (TPSA) is 118 Å². The van der Waals surface area contributed by atoms with E-state index in [0.29, 0.717) is 56.4 Å². The van der Waals surface area contributed by atoms with Crippen molar-refractivity contribution in [1.82, 2.24) is 19.9 Å². The molecule has 0 bridgehead atoms. The monoisotopic (exact) mass is 488 g/mol. The molecule has 2 aromatic heterocycles. The number of carbonyl (C=O) groups excluding carboxylic acids is 1. The Balaban J connectivity index is 1.27. The van der Waals surface area contributed by atoms with Gasteiger partial charge < -0.3 is 14.5 Å². The number of sulfonamides is 1. The Morgan fingerprint density at radius 2 is 1.82 bits per heavy atom. The first-order valence-corrected chi connectivity index (χ1v) is 12.7. The Bertz CT molecular complexity index is 1180. The molecule has 1 aliphatic heterocycles. The van der Waals surface area contributed by atoms with Gasteiger partial charge in [0.25, 0.3) is 10.0 Å². The molecule has 0 aliphatic carbocycles. The fraction of sp³-hybridized carbons (Fsp3) is 0.333. The Kier molecular flexibility index (Phi) is 7.04. The van der Waals surface area contributed by atoms with Crippen molar-refractivity contribution in [3.05, 3.63) is 53.8 Å². The van der Waals surface area contributed by atoms with Gasteiger partial charge >= 0.3 is 0 Å². The molecule has 12 heteroatoms. The lowest BCUT2D eigenvalue weighted by Gasteiger charge is -2.34. The van der Waals surface area contributed by atoms with Crippen LogP contribution in [0, 0.1) is 0 Å². The molecule has 0 atom stereocenters. The molecule has 174 valence electrons. The highest BCUT2D eigenvalue weighted by atomic mass is 32.2. The fourth-order valence-electron chi connectivity index (χ4n) is 3.40. The van der Waals surface area contributed by atoms with E-state index >= 15 is 0 Å². The van der Waals surface area contributed by atoms with Crippen molar-refractivity contribution in [2.45, 2.75) is 17.7 Å². The minimum Gasteiger partial charge on any atom is -0.497 e. The van der Waals surface area contributed by atoms with Crippen molar-refractivity contribution >= 4 is 38.3 Å². The number of thiazole rings is 1. The van der Waals surface area contributed by atoms with Crippen LogP contribution in [0.5, 0.6) is 5.75 Å². The zero-order valence-electron chi connectivity index (χ0n) is 18.0. The Morgan fingerprint density at radius 1 is 1.12 bits per heavy atom. The van der Waals surface area contributed by atoms with Gasteiger partial charge in [0.15, 0.2) is 5.13 Å². The molecule has 1 N–H and O–H groups in total. The van der Waals surface area contributed by atoms with Gasteiger partial charge in [-0.2, -0.15) is 0 Å². The predicted octanol–water partition coefficient (Wildman–Crippen LogP) is 2.02. The SMILES string of the molecule is COc1ccc(S(=O)(=O)Nc2nc(CCC(=O)N3CCN(c4ncccn4)CC3)cs2)cc1. The average molecular weight is 489 g/mol. The Morgan fingerprint density at radius 3 is 2.48 bits per heavy atom. The van der Waals surface area contributed by atoms with Crippen LogP contribution in [-0.4, -0.2) is 67.5 Å². The number of benzene rings is 1. The first-order valence-electron chi connectivity index (χ1n) is 10.4. The number of nitrogens with zero attached hydrogens (tertiary/aromatic N) is 5. The van der Waals surface area contributed by atoms with E-state index in [0.717, 1.165) is 0 Å². The first kappa shape index (κ1) is 22.9. The predicted molar refractivity (Wildman–Crippen MR) is 125 cm³/mol. The van der Waals surface area contributed by atoms with Crippen LogP contribution in [0.4, 0.5) is 11.1 Å². The van der Waals surface area contributed by atoms with E-state index in [2.05, 4.69) is 24.6 Å². The van der Waals surface area contributed by atoms with Crippen molar-refractivity contribution in [2.24, 2.45) is 0 Å². The first-order chi connectivity index (χ1) is 15.9. The minimum absolute atomic E-state index is 0.0528. The molecular formula is C21H24N6O4S2. The highest BCUT2D eigenvalue weighted by Crippen LogP contribution is 2.22. The average Bonchev–Trinajstić information content (AvgIpc) is 3.29. The highest BCUT2D eigenvalue weighted by molar-refractivity contribution is 7.93. The van der Waals surface area contributed by atoms with Gasteiger partial charge in [0.05, 0.1) is 17.7 Å². The quantitative estimate of drug-likeness (QED) is 0.512. The number of carbonyl (C=O) groups is 1. The van der Waals surface area contributed by atoms with Gasteiger partial charge in [-0.3, -0.25) is 9.52 Å². The standard InChI is InChI=1S/C21H24N6O4S2/c1-31-17-4-6-18(7-5-17)33(29,30)25-21-24-16(15-32-21)3-8-19(28)26-11-13-27(14-12-26)20-22-9-2-10-23-20/h2,4-7,9-10,15H,3,8,11-14H2,1H3,(H,24,25). The van der Waals surface area contributed by atoms with Crippen molar-refractivity contribution in [3.8, 4) is 5.75 Å². The van der Waals surface area contributed by atoms with Crippen LogP contribution < -0.4 is 14.4 Å². The van der Waals surface area contributed by atoms with Crippen LogP contribution in [0.25, 0.3) is 0 Å². The van der Waals surface area contributed by atoms with Crippen LogP contribution in [0.15, 0.2) is 53.0 Å². The Hall–Kier alpha value is -3.25. The summed E-state index contributed by atoms with van der Waals surface area (Å²) >= 11 is 1.19. The van der Waals surface area contributed by atoms with Crippen LogP contribution in [-0.2, 0) is 21.2 Å². The van der Waals surface area contributed by atoms with Crippen LogP contribution in [0.1, 0.15) is 12.1 Å². The van der Waals surface area contributed by atoms with Gasteiger partial charge in [0.2, 0.25) is 11.9 Å². The summed E-state index contributed by atoms with van der Waals surface area (Å²) in [4.78, 5) is 29.5. The minimum atomic E-state index is -3.75. The number of piperazine rings is 1. The number of methoxy groups -OCH3 is 1. The lowest BCUT2D eigenvalue weighted by Crippen LogP contribution is -2.49. The summed E-state index contributed by atoms with van der Waals surface area (Å²) in [7, 11) is -2.23. The Labute approximate surface area is 196 Å².